The topological polar surface area (TPSA) is 71.7 Å². The van der Waals surface area contributed by atoms with Crippen LogP contribution < -0.4 is 4.90 Å². The predicted molar refractivity (Wildman–Crippen MR) is 89.1 cm³/mol. The molecule has 7 heteroatoms. The number of amides is 1. The molecule has 0 saturated carbocycles. The van der Waals surface area contributed by atoms with E-state index in [0.717, 1.165) is 11.5 Å². The number of carbonyl (C=O) groups excluding carboxylic acids is 1. The van der Waals surface area contributed by atoms with Gasteiger partial charge in [0.1, 0.15) is 17.6 Å². The number of carbonyl (C=O) groups is 1. The summed E-state index contributed by atoms with van der Waals surface area (Å²) in [5, 5.41) is 0. The van der Waals surface area contributed by atoms with Crippen LogP contribution in [0.1, 0.15) is 33.7 Å². The van der Waals surface area contributed by atoms with Gasteiger partial charge in [-0.15, -0.1) is 0 Å². The summed E-state index contributed by atoms with van der Waals surface area (Å²) in [6.45, 7) is 5.16. The Morgan fingerprint density at radius 2 is 2.17 bits per heavy atom. The first-order valence-corrected chi connectivity index (χ1v) is 7.94. The fourth-order valence-corrected chi connectivity index (χ4v) is 2.78. The maximum atomic E-state index is 12.8. The van der Waals surface area contributed by atoms with Gasteiger partial charge in [0.2, 0.25) is 5.95 Å². The molecule has 1 atom stereocenters. The van der Waals surface area contributed by atoms with Crippen LogP contribution in [0.25, 0.3) is 0 Å². The molecule has 3 heterocycles. The van der Waals surface area contributed by atoms with Crippen molar-refractivity contribution in [3.63, 3.8) is 0 Å². The zero-order chi connectivity index (χ0) is 17.3. The van der Waals surface area contributed by atoms with Crippen LogP contribution >= 0.6 is 0 Å². The molecule has 0 aliphatic carbocycles. The number of furan rings is 1. The summed E-state index contributed by atoms with van der Waals surface area (Å²) in [6.07, 6.45) is 1.46. The van der Waals surface area contributed by atoms with E-state index in [1.54, 1.807) is 17.2 Å². The van der Waals surface area contributed by atoms with Crippen molar-refractivity contribution < 1.29 is 13.9 Å². The SMILES string of the molecule is Cc1cc(C(=O)N2CCO[C@H](c3ccnc(N(C)C)n3)C2)c(C)o1. The Morgan fingerprint density at radius 3 is 2.83 bits per heavy atom. The average Bonchev–Trinajstić information content (AvgIpc) is 2.92. The first kappa shape index (κ1) is 16.4. The molecule has 1 fully saturated rings. The van der Waals surface area contributed by atoms with E-state index in [9.17, 15) is 4.79 Å². The first-order valence-electron chi connectivity index (χ1n) is 7.94. The third kappa shape index (κ3) is 3.26. The molecular formula is C17H22N4O3. The lowest BCUT2D eigenvalue weighted by molar-refractivity contribution is -0.0247. The normalized spacial score (nSPS) is 17.8. The molecule has 0 unspecified atom stereocenters. The first-order chi connectivity index (χ1) is 11.5. The summed E-state index contributed by atoms with van der Waals surface area (Å²) in [4.78, 5) is 25.1. The summed E-state index contributed by atoms with van der Waals surface area (Å²) in [6, 6.07) is 3.62. The van der Waals surface area contributed by atoms with E-state index in [1.165, 1.54) is 0 Å². The van der Waals surface area contributed by atoms with Crippen molar-refractivity contribution in [1.29, 1.82) is 0 Å². The van der Waals surface area contributed by atoms with Gasteiger partial charge in [0.05, 0.1) is 24.4 Å². The van der Waals surface area contributed by atoms with Crippen LogP contribution in [-0.4, -0.2) is 54.6 Å². The Hall–Kier alpha value is -2.41. The van der Waals surface area contributed by atoms with Crippen LogP contribution in [0.4, 0.5) is 5.95 Å². The van der Waals surface area contributed by atoms with Gasteiger partial charge in [-0.3, -0.25) is 4.79 Å². The summed E-state index contributed by atoms with van der Waals surface area (Å²) >= 11 is 0. The van der Waals surface area contributed by atoms with Crippen molar-refractivity contribution in [2.45, 2.75) is 20.0 Å². The number of anilines is 1. The number of nitrogens with zero attached hydrogens (tertiary/aromatic N) is 4. The van der Waals surface area contributed by atoms with Crippen LogP contribution in [0.15, 0.2) is 22.7 Å². The van der Waals surface area contributed by atoms with E-state index in [1.807, 2.05) is 38.9 Å². The third-order valence-electron chi connectivity index (χ3n) is 4.02. The molecule has 2 aromatic heterocycles. The Morgan fingerprint density at radius 1 is 1.38 bits per heavy atom. The molecule has 0 radical (unpaired) electrons. The molecule has 1 amide bonds. The number of ether oxygens (including phenoxy) is 1. The highest BCUT2D eigenvalue weighted by molar-refractivity contribution is 5.95. The lowest BCUT2D eigenvalue weighted by Crippen LogP contribution is -2.42. The number of hydrogen-bond acceptors (Lipinski definition) is 6. The predicted octanol–water partition coefficient (Wildman–Crippen LogP) is 1.97. The minimum Gasteiger partial charge on any atom is -0.466 e. The third-order valence-corrected chi connectivity index (χ3v) is 4.02. The maximum Gasteiger partial charge on any atom is 0.257 e. The highest BCUT2D eigenvalue weighted by Crippen LogP contribution is 2.24. The zero-order valence-electron chi connectivity index (χ0n) is 14.4. The average molecular weight is 330 g/mol. The van der Waals surface area contributed by atoms with Crippen molar-refractivity contribution in [3.05, 3.63) is 41.1 Å². The van der Waals surface area contributed by atoms with Crippen molar-refractivity contribution in [3.8, 4) is 0 Å². The fourth-order valence-electron chi connectivity index (χ4n) is 2.78. The molecular weight excluding hydrogens is 308 g/mol. The van der Waals surface area contributed by atoms with E-state index in [0.29, 0.717) is 37.0 Å². The number of morpholine rings is 1. The molecule has 0 spiro atoms. The zero-order valence-corrected chi connectivity index (χ0v) is 14.4. The number of hydrogen-bond donors (Lipinski definition) is 0. The smallest absolute Gasteiger partial charge is 0.257 e. The van der Waals surface area contributed by atoms with Crippen molar-refractivity contribution in [1.82, 2.24) is 14.9 Å². The molecule has 0 bridgehead atoms. The molecule has 1 saturated heterocycles. The lowest BCUT2D eigenvalue weighted by atomic mass is 10.1. The molecule has 1 aliphatic heterocycles. The monoisotopic (exact) mass is 330 g/mol. The minimum absolute atomic E-state index is 0.0282. The second kappa shape index (κ2) is 6.60. The second-order valence-corrected chi connectivity index (χ2v) is 6.11. The number of aryl methyl sites for hydroxylation is 2. The molecule has 128 valence electrons. The Kier molecular flexibility index (Phi) is 4.53. The van der Waals surface area contributed by atoms with Crippen LogP contribution in [0.5, 0.6) is 0 Å². The highest BCUT2D eigenvalue weighted by atomic mass is 16.5. The second-order valence-electron chi connectivity index (χ2n) is 6.11. The summed E-state index contributed by atoms with van der Waals surface area (Å²) in [7, 11) is 3.78. The van der Waals surface area contributed by atoms with Gasteiger partial charge in [-0.05, 0) is 26.0 Å². The molecule has 2 aromatic rings. The largest absolute Gasteiger partial charge is 0.466 e. The Balaban J connectivity index is 1.78. The van der Waals surface area contributed by atoms with Gasteiger partial charge >= 0.3 is 0 Å². The number of rotatable bonds is 3. The minimum atomic E-state index is -0.252. The van der Waals surface area contributed by atoms with Crippen LogP contribution in [-0.2, 0) is 4.74 Å². The van der Waals surface area contributed by atoms with Gasteiger partial charge < -0.3 is 19.0 Å². The van der Waals surface area contributed by atoms with E-state index in [4.69, 9.17) is 9.15 Å². The quantitative estimate of drug-likeness (QED) is 0.857. The van der Waals surface area contributed by atoms with Crippen LogP contribution in [0, 0.1) is 13.8 Å². The Bertz CT molecular complexity index is 741. The van der Waals surface area contributed by atoms with Crippen LogP contribution in [0.2, 0.25) is 0 Å². The van der Waals surface area contributed by atoms with Gasteiger partial charge in [0.25, 0.3) is 5.91 Å². The van der Waals surface area contributed by atoms with E-state index < -0.39 is 0 Å². The van der Waals surface area contributed by atoms with Gasteiger partial charge in [0.15, 0.2) is 0 Å². The maximum absolute atomic E-state index is 12.8. The van der Waals surface area contributed by atoms with E-state index >= 15 is 0 Å². The molecule has 1 aliphatic rings. The molecule has 7 nitrogen and oxygen atoms in total. The van der Waals surface area contributed by atoms with E-state index in [-0.39, 0.29) is 12.0 Å². The van der Waals surface area contributed by atoms with E-state index in [2.05, 4.69) is 9.97 Å². The lowest BCUT2D eigenvalue weighted by Gasteiger charge is -2.32. The standard InChI is InChI=1S/C17H22N4O3/c1-11-9-13(12(2)24-11)16(22)21-7-8-23-15(10-21)14-5-6-18-17(19-14)20(3)4/h5-6,9,15H,7-8,10H2,1-4H3/t15-/m0/s1. The summed E-state index contributed by atoms with van der Waals surface area (Å²) in [5.74, 6) is 1.99. The highest BCUT2D eigenvalue weighted by Gasteiger charge is 2.29. The van der Waals surface area contributed by atoms with Crippen molar-refractivity contribution in [2.24, 2.45) is 0 Å². The Labute approximate surface area is 141 Å². The van der Waals surface area contributed by atoms with Gasteiger partial charge in [-0.1, -0.05) is 0 Å². The van der Waals surface area contributed by atoms with Gasteiger partial charge in [0, 0.05) is 26.8 Å². The summed E-state index contributed by atoms with van der Waals surface area (Å²) in [5.41, 5.74) is 1.40. The van der Waals surface area contributed by atoms with Crippen molar-refractivity contribution in [2.75, 3.05) is 38.7 Å². The van der Waals surface area contributed by atoms with Crippen LogP contribution in [0.3, 0.4) is 0 Å². The van der Waals surface area contributed by atoms with Gasteiger partial charge in [-0.2, -0.15) is 0 Å². The molecule has 3 rings (SSSR count). The van der Waals surface area contributed by atoms with Gasteiger partial charge in [-0.25, -0.2) is 9.97 Å². The molecule has 0 N–H and O–H groups in total. The molecule has 24 heavy (non-hydrogen) atoms. The molecule has 0 aromatic carbocycles. The van der Waals surface area contributed by atoms with Crippen molar-refractivity contribution >= 4 is 11.9 Å². The number of aromatic nitrogens is 2. The fraction of sp³-hybridized carbons (Fsp3) is 0.471. The summed E-state index contributed by atoms with van der Waals surface area (Å²) < 4.78 is 11.3.